The van der Waals surface area contributed by atoms with Gasteiger partial charge < -0.3 is 10.6 Å². The highest BCUT2D eigenvalue weighted by atomic mass is 127. The molecule has 1 saturated heterocycles. The fourth-order valence-corrected chi connectivity index (χ4v) is 5.97. The molecule has 0 atom stereocenters. The molecule has 1 aliphatic heterocycles. The fraction of sp³-hybridized carbons (Fsp3) is 0.600. The topological polar surface area (TPSA) is 52.6 Å². The standard InChI is InChI=1S/C25H37N5S.HI/c1-2-26-24(28-20-25(13-5-3-6-14-25)23-10-8-18-31-23)29-21-11-16-30(17-12-21)19-22-9-4-7-15-27-22;/h4,7-10,15,18,21H,2-3,5-6,11-14,16-17,19-20H2,1H3,(H2,26,28,29);1H. The quantitative estimate of drug-likeness (QED) is 0.275. The van der Waals surface area contributed by atoms with Crippen molar-refractivity contribution in [2.45, 2.75) is 69.9 Å². The average molecular weight is 568 g/mol. The summed E-state index contributed by atoms with van der Waals surface area (Å²) < 4.78 is 0. The molecule has 0 bridgehead atoms. The Kier molecular flexibility index (Phi) is 10.2. The van der Waals surface area contributed by atoms with Gasteiger partial charge in [-0.1, -0.05) is 31.4 Å². The van der Waals surface area contributed by atoms with Gasteiger partial charge in [-0.2, -0.15) is 0 Å². The lowest BCUT2D eigenvalue weighted by molar-refractivity contribution is 0.196. The van der Waals surface area contributed by atoms with Crippen molar-refractivity contribution in [3.63, 3.8) is 0 Å². The zero-order chi connectivity index (χ0) is 21.4. The predicted molar refractivity (Wildman–Crippen MR) is 146 cm³/mol. The molecule has 0 spiro atoms. The Balaban J connectivity index is 0.00000289. The molecule has 0 amide bonds. The Morgan fingerprint density at radius 2 is 1.97 bits per heavy atom. The molecular weight excluding hydrogens is 529 g/mol. The van der Waals surface area contributed by atoms with Crippen molar-refractivity contribution in [3.05, 3.63) is 52.5 Å². The molecular formula is C25H38IN5S. The first-order valence-corrected chi connectivity index (χ1v) is 12.9. The van der Waals surface area contributed by atoms with Gasteiger partial charge in [0.2, 0.25) is 0 Å². The molecule has 2 aromatic heterocycles. The highest BCUT2D eigenvalue weighted by Crippen LogP contribution is 2.41. The van der Waals surface area contributed by atoms with Gasteiger partial charge in [0.1, 0.15) is 0 Å². The van der Waals surface area contributed by atoms with Gasteiger partial charge in [0.25, 0.3) is 0 Å². The van der Waals surface area contributed by atoms with Crippen LogP contribution in [-0.4, -0.2) is 48.1 Å². The van der Waals surface area contributed by atoms with Crippen molar-refractivity contribution < 1.29 is 0 Å². The number of halogens is 1. The van der Waals surface area contributed by atoms with E-state index >= 15 is 0 Å². The number of aromatic nitrogens is 1. The third kappa shape index (κ3) is 6.90. The number of hydrogen-bond donors (Lipinski definition) is 2. The maximum Gasteiger partial charge on any atom is 0.191 e. The number of aliphatic imine (C=N–C) groups is 1. The second-order valence-electron chi connectivity index (χ2n) is 9.03. The second kappa shape index (κ2) is 12.9. The third-order valence-corrected chi connectivity index (χ3v) is 7.90. The highest BCUT2D eigenvalue weighted by molar-refractivity contribution is 14.0. The smallest absolute Gasteiger partial charge is 0.191 e. The minimum atomic E-state index is 0. The highest BCUT2D eigenvalue weighted by Gasteiger charge is 2.35. The summed E-state index contributed by atoms with van der Waals surface area (Å²) in [5.74, 6) is 0.993. The van der Waals surface area contributed by atoms with E-state index in [1.807, 2.05) is 23.6 Å². The Morgan fingerprint density at radius 1 is 1.16 bits per heavy atom. The number of piperidine rings is 1. The second-order valence-corrected chi connectivity index (χ2v) is 9.98. The van der Waals surface area contributed by atoms with Crippen molar-refractivity contribution in [2.24, 2.45) is 4.99 Å². The first-order valence-electron chi connectivity index (χ1n) is 12.0. The Hall–Kier alpha value is -1.19. The maximum atomic E-state index is 5.12. The number of nitrogens with one attached hydrogen (secondary N) is 2. The van der Waals surface area contributed by atoms with Gasteiger partial charge in [-0.15, -0.1) is 35.3 Å². The lowest BCUT2D eigenvalue weighted by Crippen LogP contribution is -2.49. The molecule has 3 heterocycles. The van der Waals surface area contributed by atoms with Crippen molar-refractivity contribution in [1.82, 2.24) is 20.5 Å². The van der Waals surface area contributed by atoms with Crippen LogP contribution in [0.2, 0.25) is 0 Å². The van der Waals surface area contributed by atoms with Gasteiger partial charge in [-0.05, 0) is 56.2 Å². The first-order chi connectivity index (χ1) is 15.3. The van der Waals surface area contributed by atoms with Gasteiger partial charge >= 0.3 is 0 Å². The monoisotopic (exact) mass is 567 g/mol. The molecule has 7 heteroatoms. The van der Waals surface area contributed by atoms with Crippen molar-refractivity contribution in [2.75, 3.05) is 26.2 Å². The summed E-state index contributed by atoms with van der Waals surface area (Å²) in [6.45, 7) is 7.10. The zero-order valence-corrected chi connectivity index (χ0v) is 22.4. The molecule has 2 N–H and O–H groups in total. The number of nitrogens with zero attached hydrogens (tertiary/aromatic N) is 3. The molecule has 0 unspecified atom stereocenters. The predicted octanol–water partition coefficient (Wildman–Crippen LogP) is 5.18. The number of likely N-dealkylation sites (tertiary alicyclic amines) is 1. The van der Waals surface area contributed by atoms with Gasteiger partial charge in [0, 0.05) is 48.7 Å². The van der Waals surface area contributed by atoms with Crippen LogP contribution in [0.4, 0.5) is 0 Å². The van der Waals surface area contributed by atoms with Crippen LogP contribution in [-0.2, 0) is 12.0 Å². The summed E-state index contributed by atoms with van der Waals surface area (Å²) in [5.41, 5.74) is 1.40. The number of pyridine rings is 1. The van der Waals surface area contributed by atoms with Crippen LogP contribution in [0.1, 0.15) is 62.4 Å². The van der Waals surface area contributed by atoms with E-state index in [1.54, 1.807) is 0 Å². The van der Waals surface area contributed by atoms with Crippen LogP contribution < -0.4 is 10.6 Å². The minimum absolute atomic E-state index is 0. The van der Waals surface area contributed by atoms with Crippen molar-refractivity contribution in [3.8, 4) is 0 Å². The van der Waals surface area contributed by atoms with Gasteiger partial charge in [-0.25, -0.2) is 0 Å². The molecule has 0 radical (unpaired) electrons. The molecule has 1 aliphatic carbocycles. The lowest BCUT2D eigenvalue weighted by Gasteiger charge is -2.36. The molecule has 1 saturated carbocycles. The van der Waals surface area contributed by atoms with Gasteiger partial charge in [-0.3, -0.25) is 14.9 Å². The van der Waals surface area contributed by atoms with Crippen molar-refractivity contribution >= 4 is 41.3 Å². The van der Waals surface area contributed by atoms with E-state index in [0.29, 0.717) is 6.04 Å². The van der Waals surface area contributed by atoms with Crippen LogP contribution in [0.25, 0.3) is 0 Å². The summed E-state index contributed by atoms with van der Waals surface area (Å²) >= 11 is 1.91. The van der Waals surface area contributed by atoms with E-state index in [-0.39, 0.29) is 29.4 Å². The Labute approximate surface area is 214 Å². The number of hydrogen-bond acceptors (Lipinski definition) is 4. The van der Waals surface area contributed by atoms with E-state index in [4.69, 9.17) is 4.99 Å². The van der Waals surface area contributed by atoms with E-state index in [2.05, 4.69) is 57.1 Å². The molecule has 32 heavy (non-hydrogen) atoms. The molecule has 2 aromatic rings. The van der Waals surface area contributed by atoms with Gasteiger partial charge in [0.15, 0.2) is 5.96 Å². The van der Waals surface area contributed by atoms with E-state index in [1.165, 1.54) is 37.0 Å². The van der Waals surface area contributed by atoms with Crippen LogP contribution in [0.3, 0.4) is 0 Å². The van der Waals surface area contributed by atoms with Crippen LogP contribution in [0, 0.1) is 0 Å². The Morgan fingerprint density at radius 3 is 2.62 bits per heavy atom. The molecule has 4 rings (SSSR count). The molecule has 2 aliphatic rings. The van der Waals surface area contributed by atoms with E-state index < -0.39 is 0 Å². The zero-order valence-electron chi connectivity index (χ0n) is 19.3. The number of rotatable bonds is 7. The molecule has 176 valence electrons. The fourth-order valence-electron chi connectivity index (χ4n) is 4.99. The van der Waals surface area contributed by atoms with Gasteiger partial charge in [0.05, 0.1) is 12.2 Å². The summed E-state index contributed by atoms with van der Waals surface area (Å²) in [7, 11) is 0. The molecule has 0 aromatic carbocycles. The summed E-state index contributed by atoms with van der Waals surface area (Å²) in [5, 5.41) is 9.46. The maximum absolute atomic E-state index is 5.12. The minimum Gasteiger partial charge on any atom is -0.357 e. The average Bonchev–Trinajstić information content (AvgIpc) is 3.36. The number of thiophene rings is 1. The SMILES string of the molecule is CCNC(=NCC1(c2cccs2)CCCCC1)NC1CCN(Cc2ccccn2)CC1.I. The summed E-state index contributed by atoms with van der Waals surface area (Å²) in [4.78, 5) is 13.6. The lowest BCUT2D eigenvalue weighted by atomic mass is 9.73. The van der Waals surface area contributed by atoms with E-state index in [0.717, 1.165) is 57.2 Å². The summed E-state index contributed by atoms with van der Waals surface area (Å²) in [6, 6.07) is 11.2. The van der Waals surface area contributed by atoms with Crippen molar-refractivity contribution in [1.29, 1.82) is 0 Å². The Bertz CT molecular complexity index is 797. The van der Waals surface area contributed by atoms with E-state index in [9.17, 15) is 0 Å². The first kappa shape index (κ1) is 25.4. The van der Waals surface area contributed by atoms with Crippen LogP contribution in [0.5, 0.6) is 0 Å². The molecule has 5 nitrogen and oxygen atoms in total. The largest absolute Gasteiger partial charge is 0.357 e. The molecule has 2 fully saturated rings. The van der Waals surface area contributed by atoms with Crippen LogP contribution in [0.15, 0.2) is 46.9 Å². The third-order valence-electron chi connectivity index (χ3n) is 6.78. The normalized spacial score (nSPS) is 19.8. The summed E-state index contributed by atoms with van der Waals surface area (Å²) in [6.07, 6.45) is 10.7. The number of guanidine groups is 1. The van der Waals surface area contributed by atoms with Crippen LogP contribution >= 0.6 is 35.3 Å².